The van der Waals surface area contributed by atoms with Crippen LogP contribution >= 0.6 is 11.8 Å². The highest BCUT2D eigenvalue weighted by atomic mass is 32.2. The van der Waals surface area contributed by atoms with E-state index in [1.165, 1.54) is 23.9 Å². The quantitative estimate of drug-likeness (QED) is 0.248. The van der Waals surface area contributed by atoms with Crippen LogP contribution in [-0.4, -0.2) is 64.2 Å². The number of carboxylic acids is 1. The average Bonchev–Trinajstić information content (AvgIpc) is 3.50. The maximum atomic E-state index is 13.1. The van der Waals surface area contributed by atoms with E-state index in [1.807, 2.05) is 18.2 Å². The molecule has 1 amide bonds. The van der Waals surface area contributed by atoms with Gasteiger partial charge in [-0.1, -0.05) is 55.0 Å². The van der Waals surface area contributed by atoms with Crippen LogP contribution in [0, 0.1) is 0 Å². The van der Waals surface area contributed by atoms with Crippen LogP contribution in [0.1, 0.15) is 42.5 Å². The normalized spacial score (nSPS) is 16.1. The number of unbranched alkanes of at least 4 members (excludes halogenated alkanes) is 2. The Kier molecular flexibility index (Phi) is 11.3. The predicted octanol–water partition coefficient (Wildman–Crippen LogP) is 3.87. The summed E-state index contributed by atoms with van der Waals surface area (Å²) in [6.07, 6.45) is 6.30. The molecule has 222 valence electrons. The number of aliphatic carboxylic acids is 1. The van der Waals surface area contributed by atoms with Crippen LogP contribution in [0.2, 0.25) is 0 Å². The van der Waals surface area contributed by atoms with Crippen molar-refractivity contribution >= 4 is 39.4 Å². The second kappa shape index (κ2) is 15.1. The van der Waals surface area contributed by atoms with Gasteiger partial charge in [-0.05, 0) is 54.7 Å². The average molecular weight is 610 g/mol. The number of sulfonamides is 1. The van der Waals surface area contributed by atoms with E-state index >= 15 is 0 Å². The molecule has 0 radical (unpaired) electrons. The molecule has 2 atom stereocenters. The number of nitrogens with zero attached hydrogens (tertiary/aromatic N) is 2. The lowest BCUT2D eigenvalue weighted by Crippen LogP contribution is -2.52. The number of rotatable bonds is 15. The van der Waals surface area contributed by atoms with Gasteiger partial charge in [-0.25, -0.2) is 13.2 Å². The first-order valence-electron chi connectivity index (χ1n) is 13.9. The molecule has 4 rings (SSSR count). The topological polar surface area (TPSA) is 134 Å². The van der Waals surface area contributed by atoms with E-state index in [1.54, 1.807) is 48.7 Å². The molecule has 2 heterocycles. The SMILES string of the molecule is O=C(CCCCCc1ccccn1)Cc1ccc(CC(NC(=O)[C@@H]2CSCN2S(=O)(=O)c2ccccc2)C(=O)O)cc1. The van der Waals surface area contributed by atoms with Gasteiger partial charge >= 0.3 is 5.97 Å². The number of carboxylic acid groups (broad SMARTS) is 1. The maximum absolute atomic E-state index is 13.1. The Morgan fingerprint density at radius 2 is 1.67 bits per heavy atom. The molecule has 1 aromatic heterocycles. The zero-order valence-electron chi connectivity index (χ0n) is 23.2. The predicted molar refractivity (Wildman–Crippen MR) is 161 cm³/mol. The van der Waals surface area contributed by atoms with Crippen molar-refractivity contribution in [1.82, 2.24) is 14.6 Å². The molecule has 0 bridgehead atoms. The molecule has 1 saturated heterocycles. The van der Waals surface area contributed by atoms with E-state index in [4.69, 9.17) is 0 Å². The third kappa shape index (κ3) is 8.73. The molecule has 1 fully saturated rings. The number of carbonyl (C=O) groups is 3. The van der Waals surface area contributed by atoms with Gasteiger partial charge in [-0.3, -0.25) is 14.6 Å². The Labute approximate surface area is 250 Å². The highest BCUT2D eigenvalue weighted by molar-refractivity contribution is 8.00. The van der Waals surface area contributed by atoms with Gasteiger partial charge < -0.3 is 10.4 Å². The molecule has 3 aromatic rings. The molecule has 42 heavy (non-hydrogen) atoms. The van der Waals surface area contributed by atoms with Crippen LogP contribution in [-0.2, 0) is 43.7 Å². The van der Waals surface area contributed by atoms with Crippen LogP contribution < -0.4 is 5.32 Å². The zero-order chi connectivity index (χ0) is 30.0. The lowest BCUT2D eigenvalue weighted by molar-refractivity contribution is -0.142. The van der Waals surface area contributed by atoms with Crippen molar-refractivity contribution in [3.8, 4) is 0 Å². The van der Waals surface area contributed by atoms with Crippen LogP contribution in [0.3, 0.4) is 0 Å². The summed E-state index contributed by atoms with van der Waals surface area (Å²) >= 11 is 1.30. The molecule has 1 unspecified atom stereocenters. The van der Waals surface area contributed by atoms with Crippen LogP contribution in [0.25, 0.3) is 0 Å². The fourth-order valence-corrected chi connectivity index (χ4v) is 7.93. The van der Waals surface area contributed by atoms with Gasteiger partial charge in [-0.15, -0.1) is 11.8 Å². The number of aryl methyl sites for hydroxylation is 1. The molecule has 0 aliphatic carbocycles. The van der Waals surface area contributed by atoms with E-state index in [0.29, 0.717) is 18.4 Å². The summed E-state index contributed by atoms with van der Waals surface area (Å²) in [5, 5.41) is 12.3. The van der Waals surface area contributed by atoms with E-state index < -0.39 is 34.0 Å². The summed E-state index contributed by atoms with van der Waals surface area (Å²) in [4.78, 5) is 41.9. The minimum Gasteiger partial charge on any atom is -0.480 e. The van der Waals surface area contributed by atoms with Crippen molar-refractivity contribution in [2.24, 2.45) is 0 Å². The number of amides is 1. The molecule has 11 heteroatoms. The second-order valence-electron chi connectivity index (χ2n) is 10.2. The van der Waals surface area contributed by atoms with Crippen molar-refractivity contribution in [3.63, 3.8) is 0 Å². The highest BCUT2D eigenvalue weighted by Gasteiger charge is 2.41. The molecular weight excluding hydrogens is 574 g/mol. The number of hydrogen-bond acceptors (Lipinski definition) is 7. The van der Waals surface area contributed by atoms with Crippen LogP contribution in [0.15, 0.2) is 83.9 Å². The molecule has 2 N–H and O–H groups in total. The molecule has 1 aliphatic rings. The lowest BCUT2D eigenvalue weighted by Gasteiger charge is -2.24. The van der Waals surface area contributed by atoms with Gasteiger partial charge in [0, 0.05) is 36.9 Å². The standard InChI is InChI=1S/C31H35N3O6S2/c35-26(11-4-1-3-9-25-10-7-8-18-32-25)19-23-14-16-24(17-15-23)20-28(31(37)38)33-30(36)29-21-41-22-34(29)42(39,40)27-12-5-2-6-13-27/h2,5-8,10,12-18,28-29H,1,3-4,9,11,19-22H2,(H,33,36)(H,37,38)/t28?,29-/m0/s1. The minimum absolute atomic E-state index is 0.0247. The Morgan fingerprint density at radius 1 is 0.952 bits per heavy atom. The third-order valence-electron chi connectivity index (χ3n) is 7.09. The number of pyridine rings is 1. The summed E-state index contributed by atoms with van der Waals surface area (Å²) in [5.41, 5.74) is 2.59. The number of benzene rings is 2. The van der Waals surface area contributed by atoms with Crippen molar-refractivity contribution < 1.29 is 27.9 Å². The van der Waals surface area contributed by atoms with Gasteiger partial charge in [0.25, 0.3) is 0 Å². The first-order valence-corrected chi connectivity index (χ1v) is 16.5. The summed E-state index contributed by atoms with van der Waals surface area (Å²) in [5.74, 6) is -1.36. The number of nitrogens with one attached hydrogen (secondary N) is 1. The Hall–Kier alpha value is -3.54. The van der Waals surface area contributed by atoms with Crippen LogP contribution in [0.4, 0.5) is 0 Å². The summed E-state index contributed by atoms with van der Waals surface area (Å²) in [6.45, 7) is 0. The minimum atomic E-state index is -3.91. The molecule has 0 spiro atoms. The molecule has 9 nitrogen and oxygen atoms in total. The number of ketones is 1. The highest BCUT2D eigenvalue weighted by Crippen LogP contribution is 2.28. The Morgan fingerprint density at radius 3 is 2.36 bits per heavy atom. The summed E-state index contributed by atoms with van der Waals surface area (Å²) in [6, 6.07) is 18.6. The van der Waals surface area contributed by atoms with Crippen molar-refractivity contribution in [2.75, 3.05) is 11.6 Å². The first-order chi connectivity index (χ1) is 20.2. The van der Waals surface area contributed by atoms with E-state index in [9.17, 15) is 27.9 Å². The number of aromatic nitrogens is 1. The molecule has 0 saturated carbocycles. The monoisotopic (exact) mass is 609 g/mol. The van der Waals surface area contributed by atoms with Gasteiger partial charge in [0.15, 0.2) is 0 Å². The van der Waals surface area contributed by atoms with Crippen LogP contribution in [0.5, 0.6) is 0 Å². The van der Waals surface area contributed by atoms with Crippen molar-refractivity contribution in [1.29, 1.82) is 0 Å². The first kappa shape index (κ1) is 31.4. The smallest absolute Gasteiger partial charge is 0.326 e. The van der Waals surface area contributed by atoms with Gasteiger partial charge in [0.1, 0.15) is 17.9 Å². The van der Waals surface area contributed by atoms with E-state index in [0.717, 1.165) is 41.2 Å². The van der Waals surface area contributed by atoms with Crippen molar-refractivity contribution in [3.05, 3.63) is 95.8 Å². The second-order valence-corrected chi connectivity index (χ2v) is 13.1. The van der Waals surface area contributed by atoms with Crippen molar-refractivity contribution in [2.45, 2.75) is 61.9 Å². The Bertz CT molecular complexity index is 1450. The number of carbonyl (C=O) groups excluding carboxylic acids is 2. The largest absolute Gasteiger partial charge is 0.480 e. The maximum Gasteiger partial charge on any atom is 0.326 e. The van der Waals surface area contributed by atoms with E-state index in [-0.39, 0.29) is 28.7 Å². The summed E-state index contributed by atoms with van der Waals surface area (Å²) < 4.78 is 27.3. The number of thioether (sulfide) groups is 1. The third-order valence-corrected chi connectivity index (χ3v) is 10.1. The van der Waals surface area contributed by atoms with Gasteiger partial charge in [0.05, 0.1) is 10.8 Å². The summed E-state index contributed by atoms with van der Waals surface area (Å²) in [7, 11) is -3.91. The zero-order valence-corrected chi connectivity index (χ0v) is 24.9. The number of Topliss-reactive ketones (excluding diaryl/α,β-unsaturated/α-hetero) is 1. The Balaban J connectivity index is 1.26. The van der Waals surface area contributed by atoms with Gasteiger partial charge in [0.2, 0.25) is 15.9 Å². The molecule has 2 aromatic carbocycles. The number of hydrogen-bond donors (Lipinski definition) is 2. The fourth-order valence-electron chi connectivity index (χ4n) is 4.76. The fraction of sp³-hybridized carbons (Fsp3) is 0.355. The lowest BCUT2D eigenvalue weighted by atomic mass is 10.00. The van der Waals surface area contributed by atoms with Gasteiger partial charge in [-0.2, -0.15) is 4.31 Å². The molecule has 1 aliphatic heterocycles. The van der Waals surface area contributed by atoms with E-state index in [2.05, 4.69) is 10.3 Å². The molecular formula is C31H35N3O6S2.